The zero-order chi connectivity index (χ0) is 19.5. The number of carboxylic acid groups (broad SMARTS) is 1. The zero-order valence-electron chi connectivity index (χ0n) is 14.6. The minimum atomic E-state index is -1.18. The highest BCUT2D eigenvalue weighted by Gasteiger charge is 2.29. The van der Waals surface area contributed by atoms with Crippen LogP contribution in [0.25, 0.3) is 0 Å². The summed E-state index contributed by atoms with van der Waals surface area (Å²) in [5, 5.41) is 19.2. The van der Waals surface area contributed by atoms with Crippen molar-refractivity contribution in [2.75, 3.05) is 30.9 Å². The smallest absolute Gasteiger partial charge is 0.322 e. The molecule has 0 aromatic carbocycles. The molecule has 26 heavy (non-hydrogen) atoms. The van der Waals surface area contributed by atoms with Crippen molar-refractivity contribution in [1.29, 1.82) is 0 Å². The summed E-state index contributed by atoms with van der Waals surface area (Å²) in [6.07, 6.45) is 3.94. The first-order valence-electron chi connectivity index (χ1n) is 8.32. The standard InChI is InChI=1S/C15H26N4O5S2/c1-26-6-4-10(18-14(23)9-3-2-5-16-9)15(24)19-11(8-25)13(22)17-7-12(20)21/h9-11,16,25H,2-8H2,1H3,(H,17,22)(H,18,23)(H,19,24)(H,20,21). The van der Waals surface area contributed by atoms with Crippen molar-refractivity contribution in [2.45, 2.75) is 37.4 Å². The molecule has 11 heteroatoms. The molecule has 1 rings (SSSR count). The maximum absolute atomic E-state index is 12.5. The zero-order valence-corrected chi connectivity index (χ0v) is 16.3. The normalized spacial score (nSPS) is 18.6. The van der Waals surface area contributed by atoms with Crippen LogP contribution in [0.2, 0.25) is 0 Å². The van der Waals surface area contributed by atoms with Crippen LogP contribution in [0.3, 0.4) is 0 Å². The van der Waals surface area contributed by atoms with Gasteiger partial charge in [-0.05, 0) is 37.8 Å². The second kappa shape index (κ2) is 12.0. The Hall–Kier alpha value is -1.46. The Kier molecular flexibility index (Phi) is 10.4. The van der Waals surface area contributed by atoms with Crippen LogP contribution in [0.1, 0.15) is 19.3 Å². The van der Waals surface area contributed by atoms with Crippen LogP contribution in [0.5, 0.6) is 0 Å². The molecule has 1 heterocycles. The number of carboxylic acids is 1. The van der Waals surface area contributed by atoms with Gasteiger partial charge < -0.3 is 26.4 Å². The molecule has 0 aliphatic carbocycles. The first-order chi connectivity index (χ1) is 12.4. The van der Waals surface area contributed by atoms with Crippen molar-refractivity contribution in [3.05, 3.63) is 0 Å². The van der Waals surface area contributed by atoms with Gasteiger partial charge in [0.1, 0.15) is 18.6 Å². The van der Waals surface area contributed by atoms with E-state index in [1.165, 1.54) is 0 Å². The van der Waals surface area contributed by atoms with Crippen molar-refractivity contribution in [2.24, 2.45) is 0 Å². The van der Waals surface area contributed by atoms with E-state index in [4.69, 9.17) is 5.11 Å². The molecule has 148 valence electrons. The maximum Gasteiger partial charge on any atom is 0.322 e. The molecule has 0 aromatic rings. The molecule has 0 aromatic heterocycles. The minimum absolute atomic E-state index is 0.00453. The van der Waals surface area contributed by atoms with Crippen molar-refractivity contribution in [1.82, 2.24) is 21.3 Å². The van der Waals surface area contributed by atoms with Gasteiger partial charge in [0.25, 0.3) is 0 Å². The monoisotopic (exact) mass is 406 g/mol. The summed E-state index contributed by atoms with van der Waals surface area (Å²) in [4.78, 5) is 47.3. The number of aliphatic carboxylic acids is 1. The van der Waals surface area contributed by atoms with Gasteiger partial charge in [-0.3, -0.25) is 19.2 Å². The molecule has 3 atom stereocenters. The Bertz CT molecular complexity index is 514. The van der Waals surface area contributed by atoms with E-state index in [2.05, 4.69) is 33.9 Å². The van der Waals surface area contributed by atoms with Crippen molar-refractivity contribution in [3.63, 3.8) is 0 Å². The van der Waals surface area contributed by atoms with Crippen molar-refractivity contribution < 1.29 is 24.3 Å². The Morgan fingerprint density at radius 2 is 1.96 bits per heavy atom. The van der Waals surface area contributed by atoms with Gasteiger partial charge in [0.2, 0.25) is 17.7 Å². The fourth-order valence-corrected chi connectivity index (χ4v) is 3.17. The number of hydrogen-bond donors (Lipinski definition) is 6. The minimum Gasteiger partial charge on any atom is -0.480 e. The predicted octanol–water partition coefficient (Wildman–Crippen LogP) is -1.41. The van der Waals surface area contributed by atoms with Crippen LogP contribution in [-0.2, 0) is 19.2 Å². The van der Waals surface area contributed by atoms with Crippen LogP contribution >= 0.6 is 24.4 Å². The summed E-state index contributed by atoms with van der Waals surface area (Å²) < 4.78 is 0. The van der Waals surface area contributed by atoms with E-state index >= 15 is 0 Å². The summed E-state index contributed by atoms with van der Waals surface area (Å²) in [5.74, 6) is -1.88. The molecule has 5 N–H and O–H groups in total. The average molecular weight is 407 g/mol. The number of amides is 3. The topological polar surface area (TPSA) is 137 Å². The van der Waals surface area contributed by atoms with E-state index in [1.54, 1.807) is 11.8 Å². The fraction of sp³-hybridized carbons (Fsp3) is 0.733. The van der Waals surface area contributed by atoms with Gasteiger partial charge in [-0.1, -0.05) is 0 Å². The molecule has 0 spiro atoms. The summed E-state index contributed by atoms with van der Waals surface area (Å²) in [6, 6.07) is -2.06. The highest BCUT2D eigenvalue weighted by molar-refractivity contribution is 7.98. The molecule has 1 saturated heterocycles. The molecule has 9 nitrogen and oxygen atoms in total. The molecule has 3 amide bonds. The van der Waals surface area contributed by atoms with Crippen molar-refractivity contribution >= 4 is 48.1 Å². The number of rotatable bonds is 11. The Morgan fingerprint density at radius 1 is 1.23 bits per heavy atom. The lowest BCUT2D eigenvalue weighted by atomic mass is 10.1. The Morgan fingerprint density at radius 3 is 2.50 bits per heavy atom. The van der Waals surface area contributed by atoms with E-state index in [9.17, 15) is 19.2 Å². The number of thiol groups is 1. The van der Waals surface area contributed by atoms with E-state index < -0.39 is 36.4 Å². The maximum atomic E-state index is 12.5. The van der Waals surface area contributed by atoms with E-state index in [0.29, 0.717) is 12.2 Å². The SMILES string of the molecule is CSCCC(NC(=O)C1CCCN1)C(=O)NC(CS)C(=O)NCC(=O)O. The summed E-state index contributed by atoms with van der Waals surface area (Å²) in [5.41, 5.74) is 0. The molecule has 1 aliphatic rings. The lowest BCUT2D eigenvalue weighted by molar-refractivity contribution is -0.138. The van der Waals surface area contributed by atoms with E-state index in [0.717, 1.165) is 19.4 Å². The van der Waals surface area contributed by atoms with Crippen LogP contribution < -0.4 is 21.3 Å². The van der Waals surface area contributed by atoms with Gasteiger partial charge in [0.15, 0.2) is 0 Å². The number of carbonyl (C=O) groups excluding carboxylic acids is 3. The number of nitrogens with one attached hydrogen (secondary N) is 4. The molecule has 3 unspecified atom stereocenters. The first-order valence-corrected chi connectivity index (χ1v) is 10.3. The molecule has 1 fully saturated rings. The largest absolute Gasteiger partial charge is 0.480 e. The molecular weight excluding hydrogens is 380 g/mol. The van der Waals surface area contributed by atoms with Crippen molar-refractivity contribution in [3.8, 4) is 0 Å². The van der Waals surface area contributed by atoms with Gasteiger partial charge in [-0.15, -0.1) is 0 Å². The van der Waals surface area contributed by atoms with Gasteiger partial charge >= 0.3 is 5.97 Å². The van der Waals surface area contributed by atoms with Gasteiger partial charge in [0, 0.05) is 5.75 Å². The highest BCUT2D eigenvalue weighted by atomic mass is 32.2. The lowest BCUT2D eigenvalue weighted by Gasteiger charge is -2.23. The van der Waals surface area contributed by atoms with Gasteiger partial charge in [-0.2, -0.15) is 24.4 Å². The van der Waals surface area contributed by atoms with Crippen LogP contribution in [-0.4, -0.2) is 77.8 Å². The first kappa shape index (κ1) is 22.6. The quantitative estimate of drug-likeness (QED) is 0.232. The molecule has 0 saturated carbocycles. The molecular formula is C15H26N4O5S2. The molecule has 0 bridgehead atoms. The van der Waals surface area contributed by atoms with Crippen LogP contribution in [0.4, 0.5) is 0 Å². The second-order valence-corrected chi connectivity index (χ2v) is 7.20. The lowest BCUT2D eigenvalue weighted by Crippen LogP contribution is -2.56. The third-order valence-corrected chi connectivity index (χ3v) is 4.86. The number of hydrogen-bond acceptors (Lipinski definition) is 7. The van der Waals surface area contributed by atoms with Crippen LogP contribution in [0, 0.1) is 0 Å². The summed E-state index contributed by atoms with van der Waals surface area (Å²) >= 11 is 5.57. The molecule has 0 radical (unpaired) electrons. The Balaban J connectivity index is 2.65. The van der Waals surface area contributed by atoms with Crippen LogP contribution in [0.15, 0.2) is 0 Å². The fourth-order valence-electron chi connectivity index (χ4n) is 2.44. The molecule has 1 aliphatic heterocycles. The van der Waals surface area contributed by atoms with E-state index in [1.807, 2.05) is 6.26 Å². The average Bonchev–Trinajstić information content (AvgIpc) is 3.15. The predicted molar refractivity (Wildman–Crippen MR) is 102 cm³/mol. The van der Waals surface area contributed by atoms with Gasteiger partial charge in [0.05, 0.1) is 6.04 Å². The Labute approximate surface area is 162 Å². The van der Waals surface area contributed by atoms with E-state index in [-0.39, 0.29) is 17.7 Å². The summed E-state index contributed by atoms with van der Waals surface area (Å²) in [6.45, 7) is 0.226. The third-order valence-electron chi connectivity index (χ3n) is 3.85. The second-order valence-electron chi connectivity index (χ2n) is 5.85. The number of carbonyl (C=O) groups is 4. The van der Waals surface area contributed by atoms with Gasteiger partial charge in [-0.25, -0.2) is 0 Å². The summed E-state index contributed by atoms with van der Waals surface area (Å²) in [7, 11) is 0. The third kappa shape index (κ3) is 7.83. The highest BCUT2D eigenvalue weighted by Crippen LogP contribution is 2.07. The number of thioether (sulfide) groups is 1.